The fourth-order valence-corrected chi connectivity index (χ4v) is 5.55. The molecule has 9 heteroatoms. The quantitative estimate of drug-likeness (QED) is 0.440. The molecule has 4 aromatic rings. The minimum absolute atomic E-state index is 0.0127. The maximum atomic E-state index is 13.1. The number of nitrogens with zero attached hydrogens (tertiary/aromatic N) is 5. The Morgan fingerprint density at radius 3 is 2.50 bits per heavy atom. The highest BCUT2D eigenvalue weighted by atomic mass is 32.1. The third kappa shape index (κ3) is 4.64. The maximum absolute atomic E-state index is 13.1. The molecule has 0 spiro atoms. The van der Waals surface area contributed by atoms with Gasteiger partial charge in [-0.3, -0.25) is 14.5 Å². The average Bonchev–Trinajstić information content (AvgIpc) is 3.57. The predicted octanol–water partition coefficient (Wildman–Crippen LogP) is 3.09. The minimum Gasteiger partial charge on any atom is -0.342 e. The Balaban J connectivity index is 1.02. The lowest BCUT2D eigenvalue weighted by molar-refractivity contribution is 0.00844. The van der Waals surface area contributed by atoms with Gasteiger partial charge in [-0.25, -0.2) is 9.97 Å². The number of benzene rings is 2. The zero-order chi connectivity index (χ0) is 24.5. The van der Waals surface area contributed by atoms with Gasteiger partial charge in [0, 0.05) is 62.7 Å². The highest BCUT2D eigenvalue weighted by Gasteiger charge is 2.37. The highest BCUT2D eigenvalue weighted by Crippen LogP contribution is 2.22. The van der Waals surface area contributed by atoms with E-state index in [4.69, 9.17) is 4.98 Å². The SMILES string of the molecule is O=C(c1ccc2nc(CCc3ccccc3)[nH]c2c1)N1CC(N2CCN(C(=O)c3cscn3)CC2)C1. The van der Waals surface area contributed by atoms with E-state index in [9.17, 15) is 9.59 Å². The number of carbonyl (C=O) groups excluding carboxylic acids is 2. The van der Waals surface area contributed by atoms with E-state index in [2.05, 4.69) is 39.1 Å². The molecule has 2 aromatic carbocycles. The summed E-state index contributed by atoms with van der Waals surface area (Å²) in [5.74, 6) is 1.01. The number of amides is 2. The second-order valence-corrected chi connectivity index (χ2v) is 10.2. The van der Waals surface area contributed by atoms with E-state index in [1.165, 1.54) is 16.9 Å². The summed E-state index contributed by atoms with van der Waals surface area (Å²) in [5.41, 5.74) is 6.00. The number of nitrogens with one attached hydrogen (secondary N) is 1. The number of rotatable bonds is 6. The van der Waals surface area contributed by atoms with Gasteiger partial charge in [-0.15, -0.1) is 11.3 Å². The van der Waals surface area contributed by atoms with Gasteiger partial charge < -0.3 is 14.8 Å². The molecule has 0 aliphatic carbocycles. The van der Waals surface area contributed by atoms with Crippen molar-refractivity contribution in [2.45, 2.75) is 18.9 Å². The minimum atomic E-state index is 0.0127. The van der Waals surface area contributed by atoms with Crippen LogP contribution in [0.3, 0.4) is 0 Å². The zero-order valence-electron chi connectivity index (χ0n) is 20.0. The molecule has 2 aliphatic rings. The van der Waals surface area contributed by atoms with Crippen LogP contribution in [0.2, 0.25) is 0 Å². The largest absolute Gasteiger partial charge is 0.342 e. The molecule has 4 heterocycles. The van der Waals surface area contributed by atoms with Crippen LogP contribution in [-0.4, -0.2) is 86.8 Å². The maximum Gasteiger partial charge on any atom is 0.273 e. The molecule has 0 atom stereocenters. The van der Waals surface area contributed by atoms with Crippen molar-refractivity contribution in [2.75, 3.05) is 39.3 Å². The molecule has 2 fully saturated rings. The molecule has 0 saturated carbocycles. The van der Waals surface area contributed by atoms with Gasteiger partial charge in [0.25, 0.3) is 11.8 Å². The summed E-state index contributed by atoms with van der Waals surface area (Å²) in [6, 6.07) is 16.5. The lowest BCUT2D eigenvalue weighted by Gasteiger charge is -2.48. The number of hydrogen-bond acceptors (Lipinski definition) is 6. The molecule has 2 saturated heterocycles. The molecule has 6 rings (SSSR count). The van der Waals surface area contributed by atoms with Gasteiger partial charge in [0.05, 0.1) is 16.5 Å². The number of H-pyrrole nitrogens is 1. The molecular formula is C27H28N6O2S. The number of fused-ring (bicyclic) bond motifs is 1. The molecule has 0 bridgehead atoms. The van der Waals surface area contributed by atoms with Gasteiger partial charge in [0.2, 0.25) is 0 Å². The second kappa shape index (κ2) is 9.83. The molecule has 2 aliphatic heterocycles. The molecule has 0 radical (unpaired) electrons. The number of imidazole rings is 1. The molecular weight excluding hydrogens is 472 g/mol. The first kappa shape index (κ1) is 22.9. The zero-order valence-corrected chi connectivity index (χ0v) is 20.8. The van der Waals surface area contributed by atoms with Crippen LogP contribution in [0.25, 0.3) is 11.0 Å². The average molecular weight is 501 g/mol. The van der Waals surface area contributed by atoms with E-state index in [1.807, 2.05) is 34.1 Å². The van der Waals surface area contributed by atoms with Crippen LogP contribution in [-0.2, 0) is 12.8 Å². The number of aromatic amines is 1. The molecule has 36 heavy (non-hydrogen) atoms. The van der Waals surface area contributed by atoms with Crippen molar-refractivity contribution in [2.24, 2.45) is 0 Å². The standard InChI is InChI=1S/C27H28N6O2S/c34-26(20-7-8-22-23(14-20)30-25(29-22)9-6-19-4-2-1-3-5-19)33-15-21(16-33)31-10-12-32(13-11-31)27(35)24-17-36-18-28-24/h1-5,7-8,14,17-18,21H,6,9-13,15-16H2,(H,29,30). The third-order valence-electron chi connectivity index (χ3n) is 7.19. The molecule has 8 nitrogen and oxygen atoms in total. The van der Waals surface area contributed by atoms with Crippen LogP contribution < -0.4 is 0 Å². The van der Waals surface area contributed by atoms with E-state index in [-0.39, 0.29) is 11.8 Å². The summed E-state index contributed by atoms with van der Waals surface area (Å²) < 4.78 is 0. The normalized spacial score (nSPS) is 16.9. The summed E-state index contributed by atoms with van der Waals surface area (Å²) in [6.45, 7) is 4.50. The Bertz CT molecular complexity index is 1360. The predicted molar refractivity (Wildman–Crippen MR) is 139 cm³/mol. The first-order valence-electron chi connectivity index (χ1n) is 12.4. The van der Waals surface area contributed by atoms with Gasteiger partial charge in [0.1, 0.15) is 11.5 Å². The topological polar surface area (TPSA) is 85.4 Å². The van der Waals surface area contributed by atoms with Crippen molar-refractivity contribution in [3.63, 3.8) is 0 Å². The first-order valence-corrected chi connectivity index (χ1v) is 13.3. The third-order valence-corrected chi connectivity index (χ3v) is 7.78. The van der Waals surface area contributed by atoms with E-state index < -0.39 is 0 Å². The van der Waals surface area contributed by atoms with Crippen LogP contribution in [0.4, 0.5) is 0 Å². The number of carbonyl (C=O) groups is 2. The summed E-state index contributed by atoms with van der Waals surface area (Å²) in [5, 5.41) is 1.80. The van der Waals surface area contributed by atoms with Gasteiger partial charge in [-0.05, 0) is 30.2 Å². The van der Waals surface area contributed by atoms with E-state index >= 15 is 0 Å². The van der Waals surface area contributed by atoms with Crippen LogP contribution >= 0.6 is 11.3 Å². The van der Waals surface area contributed by atoms with E-state index in [1.54, 1.807) is 10.9 Å². The Labute approximate surface area is 213 Å². The fourth-order valence-electron chi connectivity index (χ4n) is 5.03. The van der Waals surface area contributed by atoms with Gasteiger partial charge in [-0.2, -0.15) is 0 Å². The van der Waals surface area contributed by atoms with Crippen LogP contribution in [0, 0.1) is 0 Å². The number of thiazole rings is 1. The lowest BCUT2D eigenvalue weighted by Crippen LogP contribution is -2.64. The monoisotopic (exact) mass is 500 g/mol. The Kier molecular flexibility index (Phi) is 6.25. The molecule has 184 valence electrons. The van der Waals surface area contributed by atoms with Gasteiger partial charge in [-0.1, -0.05) is 30.3 Å². The number of aryl methyl sites for hydroxylation is 2. The molecule has 0 unspecified atom stereocenters. The van der Waals surface area contributed by atoms with Gasteiger partial charge >= 0.3 is 0 Å². The number of aromatic nitrogens is 3. The summed E-state index contributed by atoms with van der Waals surface area (Å²) in [7, 11) is 0. The fraction of sp³-hybridized carbons (Fsp3) is 0.333. The molecule has 2 amide bonds. The Hall–Kier alpha value is -3.56. The van der Waals surface area contributed by atoms with Crippen molar-refractivity contribution >= 4 is 34.2 Å². The van der Waals surface area contributed by atoms with Crippen LogP contribution in [0.1, 0.15) is 32.2 Å². The van der Waals surface area contributed by atoms with Crippen LogP contribution in [0.5, 0.6) is 0 Å². The number of hydrogen-bond donors (Lipinski definition) is 1. The molecule has 1 N–H and O–H groups in total. The number of piperazine rings is 1. The van der Waals surface area contributed by atoms with E-state index in [0.29, 0.717) is 30.4 Å². The van der Waals surface area contributed by atoms with E-state index in [0.717, 1.165) is 55.9 Å². The Morgan fingerprint density at radius 1 is 0.944 bits per heavy atom. The Morgan fingerprint density at radius 2 is 1.75 bits per heavy atom. The first-order chi connectivity index (χ1) is 17.6. The van der Waals surface area contributed by atoms with Gasteiger partial charge in [0.15, 0.2) is 0 Å². The summed E-state index contributed by atoms with van der Waals surface area (Å²) in [4.78, 5) is 44.0. The smallest absolute Gasteiger partial charge is 0.273 e. The summed E-state index contributed by atoms with van der Waals surface area (Å²) in [6.07, 6.45) is 1.76. The molecule has 2 aromatic heterocycles. The lowest BCUT2D eigenvalue weighted by atomic mass is 10.0. The summed E-state index contributed by atoms with van der Waals surface area (Å²) >= 11 is 1.44. The highest BCUT2D eigenvalue weighted by molar-refractivity contribution is 7.07. The second-order valence-electron chi connectivity index (χ2n) is 9.47. The van der Waals surface area contributed by atoms with Crippen LogP contribution in [0.15, 0.2) is 59.4 Å². The van der Waals surface area contributed by atoms with Crippen molar-refractivity contribution in [1.82, 2.24) is 29.7 Å². The number of likely N-dealkylation sites (tertiary alicyclic amines) is 1. The van der Waals surface area contributed by atoms with Crippen molar-refractivity contribution in [3.8, 4) is 0 Å². The van der Waals surface area contributed by atoms with Crippen molar-refractivity contribution < 1.29 is 9.59 Å². The van der Waals surface area contributed by atoms with Crippen molar-refractivity contribution in [3.05, 3.63) is 82.1 Å². The van der Waals surface area contributed by atoms with Crippen molar-refractivity contribution in [1.29, 1.82) is 0 Å².